The van der Waals surface area contributed by atoms with Gasteiger partial charge >= 0.3 is 0 Å². The fourth-order valence-electron chi connectivity index (χ4n) is 2.28. The Labute approximate surface area is 109 Å². The van der Waals surface area contributed by atoms with E-state index in [9.17, 15) is 0 Å². The second kappa shape index (κ2) is 3.88. The Balaban J connectivity index is 1.99. The van der Waals surface area contributed by atoms with Gasteiger partial charge in [0.1, 0.15) is 11.8 Å². The van der Waals surface area contributed by atoms with Gasteiger partial charge in [0.2, 0.25) is 0 Å². The Morgan fingerprint density at radius 3 is 2.89 bits per heavy atom. The lowest BCUT2D eigenvalue weighted by Gasteiger charge is -2.05. The molecule has 0 amide bonds. The molecule has 0 fully saturated rings. The summed E-state index contributed by atoms with van der Waals surface area (Å²) >= 11 is 0. The molecule has 0 saturated carbocycles. The van der Waals surface area contributed by atoms with Crippen molar-refractivity contribution in [2.24, 2.45) is 0 Å². The van der Waals surface area contributed by atoms with E-state index in [1.165, 1.54) is 0 Å². The van der Waals surface area contributed by atoms with Crippen LogP contribution in [0.25, 0.3) is 27.6 Å². The molecule has 0 N–H and O–H groups in total. The van der Waals surface area contributed by atoms with Crippen LogP contribution in [-0.4, -0.2) is 19.5 Å². The Morgan fingerprint density at radius 1 is 0.895 bits per heavy atom. The minimum absolute atomic E-state index is 0.897. The maximum absolute atomic E-state index is 4.36. The first-order chi connectivity index (χ1) is 9.42. The molecule has 19 heavy (non-hydrogen) atoms. The zero-order valence-corrected chi connectivity index (χ0v) is 10.1. The Morgan fingerprint density at radius 2 is 1.89 bits per heavy atom. The van der Waals surface area contributed by atoms with Gasteiger partial charge in [-0.1, -0.05) is 6.07 Å². The average molecular weight is 246 g/mol. The molecule has 3 heterocycles. The van der Waals surface area contributed by atoms with Gasteiger partial charge in [0.05, 0.1) is 17.2 Å². The first kappa shape index (κ1) is 10.2. The van der Waals surface area contributed by atoms with Crippen molar-refractivity contribution in [3.63, 3.8) is 0 Å². The van der Waals surface area contributed by atoms with Crippen molar-refractivity contribution in [1.82, 2.24) is 19.5 Å². The van der Waals surface area contributed by atoms with E-state index in [0.717, 1.165) is 27.6 Å². The van der Waals surface area contributed by atoms with Crippen LogP contribution < -0.4 is 0 Å². The van der Waals surface area contributed by atoms with Crippen molar-refractivity contribution in [3.05, 3.63) is 61.3 Å². The van der Waals surface area contributed by atoms with E-state index in [1.54, 1.807) is 18.6 Å². The summed E-state index contributed by atoms with van der Waals surface area (Å²) in [5.41, 5.74) is 4.03. The average Bonchev–Trinajstić information content (AvgIpc) is 2.91. The van der Waals surface area contributed by atoms with Crippen LogP contribution >= 0.6 is 0 Å². The lowest BCUT2D eigenvalue weighted by Crippen LogP contribution is -1.92. The Hall–Kier alpha value is -2.75. The minimum Gasteiger partial charge on any atom is -0.299 e. The Bertz CT molecular complexity index is 879. The van der Waals surface area contributed by atoms with Gasteiger partial charge in [-0.3, -0.25) is 14.5 Å². The molecule has 0 unspecified atom stereocenters. The molecule has 0 saturated heterocycles. The predicted octanol–water partition coefficient (Wildman–Crippen LogP) is 2.97. The van der Waals surface area contributed by atoms with E-state index in [0.29, 0.717) is 0 Å². The van der Waals surface area contributed by atoms with Crippen LogP contribution in [0.15, 0.2) is 61.3 Å². The standard InChI is InChI=1S/C15H10N4/c1-2-11-8-12(3-4-13(11)17-6-1)19-10-18-14-9-16-7-5-15(14)19/h1-10H. The third-order valence-electron chi connectivity index (χ3n) is 3.21. The smallest absolute Gasteiger partial charge is 0.107 e. The van der Waals surface area contributed by atoms with Crippen molar-refractivity contribution < 1.29 is 0 Å². The van der Waals surface area contributed by atoms with Gasteiger partial charge in [0.15, 0.2) is 0 Å². The van der Waals surface area contributed by atoms with Gasteiger partial charge in [-0.25, -0.2) is 4.98 Å². The van der Waals surface area contributed by atoms with Crippen molar-refractivity contribution in [3.8, 4) is 5.69 Å². The summed E-state index contributed by atoms with van der Waals surface area (Å²) in [6, 6.07) is 12.2. The summed E-state index contributed by atoms with van der Waals surface area (Å²) < 4.78 is 2.06. The van der Waals surface area contributed by atoms with Crippen LogP contribution in [0.3, 0.4) is 0 Å². The number of pyridine rings is 2. The highest BCUT2D eigenvalue weighted by Gasteiger charge is 2.04. The highest BCUT2D eigenvalue weighted by molar-refractivity contribution is 5.82. The third-order valence-corrected chi connectivity index (χ3v) is 3.21. The molecule has 4 nitrogen and oxygen atoms in total. The van der Waals surface area contributed by atoms with E-state index in [-0.39, 0.29) is 0 Å². The largest absolute Gasteiger partial charge is 0.299 e. The van der Waals surface area contributed by atoms with Gasteiger partial charge in [0.25, 0.3) is 0 Å². The van der Waals surface area contributed by atoms with Gasteiger partial charge in [-0.2, -0.15) is 0 Å². The zero-order chi connectivity index (χ0) is 12.7. The van der Waals surface area contributed by atoms with Crippen LogP contribution in [0.4, 0.5) is 0 Å². The maximum Gasteiger partial charge on any atom is 0.107 e. The molecule has 0 spiro atoms. The summed E-state index contributed by atoms with van der Waals surface area (Å²) in [7, 11) is 0. The number of aromatic nitrogens is 4. The van der Waals surface area contributed by atoms with Gasteiger partial charge < -0.3 is 0 Å². The molecule has 0 radical (unpaired) electrons. The predicted molar refractivity (Wildman–Crippen MR) is 74.2 cm³/mol. The Kier molecular flexibility index (Phi) is 2.08. The van der Waals surface area contributed by atoms with Crippen LogP contribution in [0.1, 0.15) is 0 Å². The van der Waals surface area contributed by atoms with Crippen molar-refractivity contribution in [2.45, 2.75) is 0 Å². The fourth-order valence-corrected chi connectivity index (χ4v) is 2.28. The second-order valence-corrected chi connectivity index (χ2v) is 4.36. The van der Waals surface area contributed by atoms with Gasteiger partial charge in [0, 0.05) is 23.5 Å². The second-order valence-electron chi connectivity index (χ2n) is 4.36. The number of hydrogen-bond acceptors (Lipinski definition) is 3. The molecule has 3 aromatic heterocycles. The fraction of sp³-hybridized carbons (Fsp3) is 0. The number of nitrogens with zero attached hydrogens (tertiary/aromatic N) is 4. The molecular formula is C15H10N4. The summed E-state index contributed by atoms with van der Waals surface area (Å²) in [6.07, 6.45) is 7.18. The van der Waals surface area contributed by atoms with E-state index >= 15 is 0 Å². The lowest BCUT2D eigenvalue weighted by atomic mass is 10.2. The molecule has 4 aromatic rings. The molecule has 1 aromatic carbocycles. The van der Waals surface area contributed by atoms with Crippen molar-refractivity contribution in [2.75, 3.05) is 0 Å². The van der Waals surface area contributed by atoms with Gasteiger partial charge in [-0.15, -0.1) is 0 Å². The van der Waals surface area contributed by atoms with E-state index < -0.39 is 0 Å². The number of fused-ring (bicyclic) bond motifs is 2. The van der Waals surface area contributed by atoms with Crippen LogP contribution in [0, 0.1) is 0 Å². The van der Waals surface area contributed by atoms with E-state index in [4.69, 9.17) is 0 Å². The van der Waals surface area contributed by atoms with Crippen LogP contribution in [-0.2, 0) is 0 Å². The van der Waals surface area contributed by atoms with Crippen LogP contribution in [0.2, 0.25) is 0 Å². The monoisotopic (exact) mass is 246 g/mol. The SMILES string of the molecule is c1cnc2ccc(-n3cnc4cnccc43)cc2c1. The molecule has 90 valence electrons. The van der Waals surface area contributed by atoms with Crippen molar-refractivity contribution in [1.29, 1.82) is 0 Å². The molecule has 4 rings (SSSR count). The summed E-state index contributed by atoms with van der Waals surface area (Å²) in [5, 5.41) is 1.12. The number of benzene rings is 1. The number of rotatable bonds is 1. The maximum atomic E-state index is 4.36. The molecule has 0 aliphatic carbocycles. The summed E-state index contributed by atoms with van der Waals surface area (Å²) in [5.74, 6) is 0. The summed E-state index contributed by atoms with van der Waals surface area (Å²) in [4.78, 5) is 12.8. The normalized spacial score (nSPS) is 11.2. The first-order valence-electron chi connectivity index (χ1n) is 6.04. The molecule has 4 heteroatoms. The highest BCUT2D eigenvalue weighted by Crippen LogP contribution is 2.20. The molecular weight excluding hydrogens is 236 g/mol. The lowest BCUT2D eigenvalue weighted by molar-refractivity contribution is 1.09. The van der Waals surface area contributed by atoms with E-state index in [1.807, 2.05) is 24.5 Å². The molecule has 0 aliphatic heterocycles. The minimum atomic E-state index is 0.897. The highest BCUT2D eigenvalue weighted by atomic mass is 15.1. The molecule has 0 bridgehead atoms. The topological polar surface area (TPSA) is 43.6 Å². The zero-order valence-electron chi connectivity index (χ0n) is 10.1. The third kappa shape index (κ3) is 1.57. The van der Waals surface area contributed by atoms with Crippen LogP contribution in [0.5, 0.6) is 0 Å². The molecule has 0 atom stereocenters. The summed E-state index contributed by atoms with van der Waals surface area (Å²) in [6.45, 7) is 0. The van der Waals surface area contributed by atoms with Gasteiger partial charge in [-0.05, 0) is 30.3 Å². The quantitative estimate of drug-likeness (QED) is 0.518. The number of hydrogen-bond donors (Lipinski definition) is 0. The van der Waals surface area contributed by atoms with Crippen molar-refractivity contribution >= 4 is 21.9 Å². The molecule has 0 aliphatic rings. The number of imidazole rings is 1. The van der Waals surface area contributed by atoms with E-state index in [2.05, 4.69) is 37.7 Å². The first-order valence-corrected chi connectivity index (χ1v) is 6.04.